The van der Waals surface area contributed by atoms with Gasteiger partial charge in [0.05, 0.1) is 0 Å². The van der Waals surface area contributed by atoms with Gasteiger partial charge in [-0.05, 0) is 56.3 Å². The zero-order chi connectivity index (χ0) is 9.80. The second kappa shape index (κ2) is 5.38. The molecule has 1 N–H and O–H groups in total. The van der Waals surface area contributed by atoms with Gasteiger partial charge < -0.3 is 10.2 Å². The number of rotatable bonds is 4. The minimum Gasteiger partial charge on any atom is -0.319 e. The molecule has 2 atom stereocenters. The summed E-state index contributed by atoms with van der Waals surface area (Å²) in [5.74, 6) is 4.72. The molecule has 2 fully saturated rings. The van der Waals surface area contributed by atoms with Crippen LogP contribution in [0.2, 0.25) is 0 Å². The van der Waals surface area contributed by atoms with Gasteiger partial charge in [0.25, 0.3) is 0 Å². The van der Waals surface area contributed by atoms with Gasteiger partial charge in [0.2, 0.25) is 0 Å². The summed E-state index contributed by atoms with van der Waals surface area (Å²) in [6, 6.07) is 0. The molecule has 2 aliphatic rings. The van der Waals surface area contributed by atoms with Crippen molar-refractivity contribution in [3.8, 4) is 0 Å². The largest absolute Gasteiger partial charge is 0.319 e. The molecule has 0 bridgehead atoms. The molecule has 0 aromatic rings. The monoisotopic (exact) mass is 214 g/mol. The number of nitrogens with zero attached hydrogens (tertiary/aromatic N) is 1. The Morgan fingerprint density at radius 1 is 1.36 bits per heavy atom. The van der Waals surface area contributed by atoms with Crippen molar-refractivity contribution in [2.75, 3.05) is 44.7 Å². The minimum atomic E-state index is 0.911. The molecule has 2 saturated heterocycles. The van der Waals surface area contributed by atoms with Crippen molar-refractivity contribution in [1.29, 1.82) is 0 Å². The van der Waals surface area contributed by atoms with E-state index in [0.29, 0.717) is 0 Å². The van der Waals surface area contributed by atoms with Crippen LogP contribution in [0.5, 0.6) is 0 Å². The molecule has 2 heterocycles. The van der Waals surface area contributed by atoms with E-state index >= 15 is 0 Å². The fourth-order valence-electron chi connectivity index (χ4n) is 2.63. The van der Waals surface area contributed by atoms with Crippen LogP contribution in [0.15, 0.2) is 0 Å². The zero-order valence-corrected chi connectivity index (χ0v) is 9.98. The predicted molar refractivity (Wildman–Crippen MR) is 63.9 cm³/mol. The number of likely N-dealkylation sites (tertiary alicyclic amines) is 1. The second-order valence-electron chi connectivity index (χ2n) is 4.70. The van der Waals surface area contributed by atoms with E-state index in [0.717, 1.165) is 11.8 Å². The molecular weight excluding hydrogens is 192 g/mol. The molecule has 0 saturated carbocycles. The maximum absolute atomic E-state index is 3.29. The lowest BCUT2D eigenvalue weighted by atomic mass is 10.1. The highest BCUT2D eigenvalue weighted by Crippen LogP contribution is 2.26. The maximum atomic E-state index is 3.29. The predicted octanol–water partition coefficient (Wildman–Crippen LogP) is 1.28. The average molecular weight is 214 g/mol. The van der Waals surface area contributed by atoms with Gasteiger partial charge in [0.15, 0.2) is 0 Å². The van der Waals surface area contributed by atoms with E-state index in [9.17, 15) is 0 Å². The minimum absolute atomic E-state index is 0.911. The summed E-state index contributed by atoms with van der Waals surface area (Å²) in [5, 5.41) is 3.29. The third-order valence-electron chi connectivity index (χ3n) is 3.40. The Labute approximate surface area is 91.8 Å². The van der Waals surface area contributed by atoms with Gasteiger partial charge in [-0.15, -0.1) is 0 Å². The summed E-state index contributed by atoms with van der Waals surface area (Å²) in [6.07, 6.45) is 2.86. The number of thioether (sulfide) groups is 1. The fourth-order valence-corrected chi connectivity index (χ4v) is 3.90. The van der Waals surface area contributed by atoms with E-state index in [2.05, 4.69) is 29.0 Å². The number of hydrogen-bond donors (Lipinski definition) is 1. The van der Waals surface area contributed by atoms with Gasteiger partial charge >= 0.3 is 0 Å². The van der Waals surface area contributed by atoms with Gasteiger partial charge in [0.1, 0.15) is 0 Å². The van der Waals surface area contributed by atoms with Gasteiger partial charge in [-0.2, -0.15) is 11.8 Å². The summed E-state index contributed by atoms with van der Waals surface area (Å²) in [7, 11) is 2.07. The lowest BCUT2D eigenvalue weighted by molar-refractivity contribution is 0.280. The average Bonchev–Trinajstić information content (AvgIpc) is 2.79. The van der Waals surface area contributed by atoms with Crippen molar-refractivity contribution in [3.05, 3.63) is 0 Å². The Morgan fingerprint density at radius 3 is 3.00 bits per heavy atom. The number of nitrogens with one attached hydrogen (secondary N) is 1. The highest BCUT2D eigenvalue weighted by Gasteiger charge is 2.25. The van der Waals surface area contributed by atoms with Crippen molar-refractivity contribution in [2.45, 2.75) is 12.8 Å². The van der Waals surface area contributed by atoms with Crippen LogP contribution in [0.1, 0.15) is 12.8 Å². The van der Waals surface area contributed by atoms with Gasteiger partial charge in [-0.3, -0.25) is 0 Å². The summed E-state index contributed by atoms with van der Waals surface area (Å²) >= 11 is 2.14. The standard InChI is InChI=1S/C11H22N2S/c1-12-6-10-2-4-13(7-10)8-11-3-5-14-9-11/h10-12H,2-9H2,1H3. The Hall–Kier alpha value is 0.270. The third kappa shape index (κ3) is 2.88. The van der Waals surface area contributed by atoms with E-state index in [1.807, 2.05) is 0 Å². The maximum Gasteiger partial charge on any atom is 0.00224 e. The quantitative estimate of drug-likeness (QED) is 0.759. The van der Waals surface area contributed by atoms with Gasteiger partial charge in [0, 0.05) is 13.1 Å². The molecule has 14 heavy (non-hydrogen) atoms. The first-order valence-electron chi connectivity index (χ1n) is 5.83. The Morgan fingerprint density at radius 2 is 2.29 bits per heavy atom. The van der Waals surface area contributed by atoms with E-state index in [-0.39, 0.29) is 0 Å². The van der Waals surface area contributed by atoms with Crippen LogP contribution in [-0.2, 0) is 0 Å². The molecule has 0 amide bonds. The third-order valence-corrected chi connectivity index (χ3v) is 4.63. The molecule has 2 aliphatic heterocycles. The molecule has 2 nitrogen and oxygen atoms in total. The SMILES string of the molecule is CNCC1CCN(CC2CCSC2)C1. The van der Waals surface area contributed by atoms with Crippen LogP contribution in [0.25, 0.3) is 0 Å². The number of hydrogen-bond acceptors (Lipinski definition) is 3. The summed E-state index contributed by atoms with van der Waals surface area (Å²) in [5.41, 5.74) is 0. The smallest absolute Gasteiger partial charge is 0.00224 e. The molecule has 3 heteroatoms. The summed E-state index contributed by atoms with van der Waals surface area (Å²) in [6.45, 7) is 5.25. The van der Waals surface area contributed by atoms with Crippen LogP contribution in [0.4, 0.5) is 0 Å². The van der Waals surface area contributed by atoms with Crippen molar-refractivity contribution < 1.29 is 0 Å². The van der Waals surface area contributed by atoms with E-state index in [1.54, 1.807) is 0 Å². The highest BCUT2D eigenvalue weighted by molar-refractivity contribution is 7.99. The highest BCUT2D eigenvalue weighted by atomic mass is 32.2. The van der Waals surface area contributed by atoms with Crippen molar-refractivity contribution >= 4 is 11.8 Å². The van der Waals surface area contributed by atoms with E-state index < -0.39 is 0 Å². The summed E-state index contributed by atoms with van der Waals surface area (Å²) in [4.78, 5) is 2.68. The van der Waals surface area contributed by atoms with Crippen LogP contribution in [0.3, 0.4) is 0 Å². The molecular formula is C11H22N2S. The van der Waals surface area contributed by atoms with Crippen LogP contribution >= 0.6 is 11.8 Å². The zero-order valence-electron chi connectivity index (χ0n) is 9.17. The first kappa shape index (κ1) is 10.8. The molecule has 0 aliphatic carbocycles. The van der Waals surface area contributed by atoms with Crippen LogP contribution < -0.4 is 5.32 Å². The van der Waals surface area contributed by atoms with Crippen molar-refractivity contribution in [2.24, 2.45) is 11.8 Å². The van der Waals surface area contributed by atoms with E-state index in [1.165, 1.54) is 50.5 Å². The first-order valence-corrected chi connectivity index (χ1v) is 6.98. The summed E-state index contributed by atoms with van der Waals surface area (Å²) < 4.78 is 0. The molecule has 0 aromatic heterocycles. The molecule has 82 valence electrons. The molecule has 2 rings (SSSR count). The Kier molecular flexibility index (Phi) is 4.14. The van der Waals surface area contributed by atoms with Crippen LogP contribution in [-0.4, -0.2) is 49.6 Å². The molecule has 0 aromatic carbocycles. The second-order valence-corrected chi connectivity index (χ2v) is 5.85. The molecule has 2 unspecified atom stereocenters. The first-order chi connectivity index (χ1) is 6.88. The van der Waals surface area contributed by atoms with Gasteiger partial charge in [-0.25, -0.2) is 0 Å². The van der Waals surface area contributed by atoms with Crippen molar-refractivity contribution in [1.82, 2.24) is 10.2 Å². The normalized spacial score (nSPS) is 34.1. The fraction of sp³-hybridized carbons (Fsp3) is 1.00. The van der Waals surface area contributed by atoms with Gasteiger partial charge in [-0.1, -0.05) is 0 Å². The van der Waals surface area contributed by atoms with E-state index in [4.69, 9.17) is 0 Å². The van der Waals surface area contributed by atoms with Crippen molar-refractivity contribution in [3.63, 3.8) is 0 Å². The molecule has 0 radical (unpaired) electrons. The lowest BCUT2D eigenvalue weighted by Gasteiger charge is -2.19. The lowest BCUT2D eigenvalue weighted by Crippen LogP contribution is -2.29. The Balaban J connectivity index is 1.67. The molecule has 0 spiro atoms. The topological polar surface area (TPSA) is 15.3 Å². The van der Waals surface area contributed by atoms with Crippen LogP contribution in [0, 0.1) is 11.8 Å². The Bertz CT molecular complexity index is 169.